The van der Waals surface area contributed by atoms with Gasteiger partial charge in [-0.25, -0.2) is 72.8 Å². The molecule has 0 saturated heterocycles. The molecule has 0 radical (unpaired) electrons. The first-order valence-electron chi connectivity index (χ1n) is 10.0. The molecular formula is C30H36Hf3O3-6. The molecule has 6 aromatic rings. The van der Waals surface area contributed by atoms with Gasteiger partial charge in [0.2, 0.25) is 0 Å². The second-order valence-corrected chi connectivity index (χ2v) is 5.77. The van der Waals surface area contributed by atoms with Gasteiger partial charge in [-0.3, -0.25) is 0 Å². The van der Waals surface area contributed by atoms with Crippen molar-refractivity contribution in [2.75, 3.05) is 0 Å². The van der Waals surface area contributed by atoms with Crippen molar-refractivity contribution in [3.63, 3.8) is 0 Å². The van der Waals surface area contributed by atoms with Crippen molar-refractivity contribution in [3.05, 3.63) is 182 Å². The van der Waals surface area contributed by atoms with Crippen molar-refractivity contribution < 1.29 is 94.0 Å². The number of hydrogen-bond donors (Lipinski definition) is 0. The van der Waals surface area contributed by atoms with Gasteiger partial charge in [-0.2, -0.15) is 109 Å². The minimum absolute atomic E-state index is 0. The summed E-state index contributed by atoms with van der Waals surface area (Å²) in [4.78, 5) is 0. The summed E-state index contributed by atoms with van der Waals surface area (Å²) in [5.41, 5.74) is 0. The maximum atomic E-state index is 2.00. The van der Waals surface area contributed by atoms with Crippen LogP contribution in [-0.2, 0) is 77.5 Å². The van der Waals surface area contributed by atoms with Crippen LogP contribution >= 0.6 is 0 Å². The van der Waals surface area contributed by atoms with Crippen molar-refractivity contribution in [2.24, 2.45) is 0 Å². The minimum Gasteiger partial charge on any atom is -0.412 e. The first-order valence-corrected chi connectivity index (χ1v) is 10.0. The molecule has 0 heterocycles. The Bertz CT molecular complexity index is 572. The molecule has 36 heavy (non-hydrogen) atoms. The molecule has 6 heteroatoms. The molecule has 6 N–H and O–H groups in total. The maximum Gasteiger partial charge on any atom is 0 e. The molecule has 0 amide bonds. The van der Waals surface area contributed by atoms with E-state index >= 15 is 0 Å². The Morgan fingerprint density at radius 2 is 0.278 bits per heavy atom. The van der Waals surface area contributed by atoms with E-state index in [1.165, 1.54) is 0 Å². The summed E-state index contributed by atoms with van der Waals surface area (Å²) >= 11 is 0. The molecule has 3 nitrogen and oxygen atoms in total. The molecule has 0 saturated carbocycles. The van der Waals surface area contributed by atoms with Gasteiger partial charge in [-0.05, 0) is 0 Å². The quantitative estimate of drug-likeness (QED) is 0.133. The Kier molecular flexibility index (Phi) is 57.9. The second-order valence-electron chi connectivity index (χ2n) is 5.77. The van der Waals surface area contributed by atoms with E-state index in [0.29, 0.717) is 0 Å². The predicted octanol–water partition coefficient (Wildman–Crippen LogP) is 5.95. The van der Waals surface area contributed by atoms with E-state index in [2.05, 4.69) is 0 Å². The van der Waals surface area contributed by atoms with E-state index in [0.717, 1.165) is 0 Å². The van der Waals surface area contributed by atoms with Crippen LogP contribution in [0.4, 0.5) is 0 Å². The molecule has 0 aliphatic rings. The Labute approximate surface area is 273 Å². The first-order chi connectivity index (χ1) is 15.0. The van der Waals surface area contributed by atoms with Crippen molar-refractivity contribution >= 4 is 0 Å². The summed E-state index contributed by atoms with van der Waals surface area (Å²) in [6.07, 6.45) is 0. The summed E-state index contributed by atoms with van der Waals surface area (Å²) in [5.74, 6) is 0. The standard InChI is InChI=1S/6C5H5.3Hf.3H2O/c6*1-2-4-5-3-1;;;;;;/h6*1-5H;;;;3*1H2/q6*-1;;;;;;. The largest absolute Gasteiger partial charge is 0.412 e. The smallest absolute Gasteiger partial charge is 0 e. The Morgan fingerprint density at radius 1 is 0.194 bits per heavy atom. The van der Waals surface area contributed by atoms with Crippen LogP contribution in [0.3, 0.4) is 0 Å². The van der Waals surface area contributed by atoms with Crippen LogP contribution in [0.5, 0.6) is 0 Å². The fraction of sp³-hybridized carbons (Fsp3) is 0. The normalized spacial score (nSPS) is 6.67. The van der Waals surface area contributed by atoms with Crippen molar-refractivity contribution in [1.29, 1.82) is 0 Å². The van der Waals surface area contributed by atoms with Gasteiger partial charge in [0.1, 0.15) is 0 Å². The van der Waals surface area contributed by atoms with Crippen LogP contribution in [-0.4, -0.2) is 16.4 Å². The third kappa shape index (κ3) is 39.8. The van der Waals surface area contributed by atoms with E-state index < -0.39 is 0 Å². The van der Waals surface area contributed by atoms with E-state index in [1.807, 2.05) is 182 Å². The summed E-state index contributed by atoms with van der Waals surface area (Å²) in [6, 6.07) is 60.0. The average molecular weight is 980 g/mol. The molecule has 0 unspecified atom stereocenters. The number of hydrogen-bond acceptors (Lipinski definition) is 0. The van der Waals surface area contributed by atoms with Gasteiger partial charge >= 0.3 is 0 Å². The van der Waals surface area contributed by atoms with Gasteiger partial charge < -0.3 is 16.4 Å². The fourth-order valence-corrected chi connectivity index (χ4v) is 1.92. The molecule has 0 spiro atoms. The molecule has 6 aromatic carbocycles. The minimum atomic E-state index is 0. The summed E-state index contributed by atoms with van der Waals surface area (Å²) in [6.45, 7) is 0. The molecule has 0 bridgehead atoms. The van der Waals surface area contributed by atoms with Crippen LogP contribution in [0, 0.1) is 0 Å². The van der Waals surface area contributed by atoms with Crippen LogP contribution in [0.15, 0.2) is 182 Å². The van der Waals surface area contributed by atoms with Gasteiger partial charge in [0.05, 0.1) is 0 Å². The molecule has 0 atom stereocenters. The molecule has 6 rings (SSSR count). The zero-order valence-electron chi connectivity index (χ0n) is 20.3. The van der Waals surface area contributed by atoms with E-state index in [4.69, 9.17) is 0 Å². The molecule has 0 aliphatic heterocycles. The SMILES string of the molecule is O.O.O.[Hf].[Hf].[Hf].c1cc[cH-]c1.c1cc[cH-]c1.c1cc[cH-]c1.c1cc[cH-]c1.c1cc[cH-]c1.c1cc[cH-]c1. The van der Waals surface area contributed by atoms with Gasteiger partial charge in [0.25, 0.3) is 0 Å². The number of rotatable bonds is 0. The molecule has 0 aliphatic carbocycles. The van der Waals surface area contributed by atoms with Crippen LogP contribution in [0.2, 0.25) is 0 Å². The molecule has 0 fully saturated rings. The predicted molar refractivity (Wildman–Crippen MR) is 143 cm³/mol. The first kappa shape index (κ1) is 47.7. The Balaban J connectivity index is -0.0000000726. The van der Waals surface area contributed by atoms with Crippen LogP contribution in [0.1, 0.15) is 0 Å². The molecular weight excluding hydrogens is 944 g/mol. The third-order valence-electron chi connectivity index (χ3n) is 3.33. The van der Waals surface area contributed by atoms with Crippen LogP contribution < -0.4 is 0 Å². The fourth-order valence-electron chi connectivity index (χ4n) is 1.92. The second kappa shape index (κ2) is 43.6. The van der Waals surface area contributed by atoms with Gasteiger partial charge in [-0.1, -0.05) is 0 Å². The third-order valence-corrected chi connectivity index (χ3v) is 3.33. The average Bonchev–Trinajstić information content (AvgIpc) is 3.69. The van der Waals surface area contributed by atoms with Gasteiger partial charge in [0, 0.05) is 77.5 Å². The summed E-state index contributed by atoms with van der Waals surface area (Å²) < 4.78 is 0. The van der Waals surface area contributed by atoms with Crippen molar-refractivity contribution in [3.8, 4) is 0 Å². The topological polar surface area (TPSA) is 94.5 Å². The maximum absolute atomic E-state index is 2.00. The van der Waals surface area contributed by atoms with Crippen molar-refractivity contribution in [2.45, 2.75) is 0 Å². The zero-order valence-corrected chi connectivity index (χ0v) is 31.1. The van der Waals surface area contributed by atoms with Crippen molar-refractivity contribution in [1.82, 2.24) is 0 Å². The molecule has 192 valence electrons. The van der Waals surface area contributed by atoms with Crippen LogP contribution in [0.25, 0.3) is 0 Å². The Hall–Kier alpha value is -1.41. The zero-order chi connectivity index (χ0) is 21.2. The summed E-state index contributed by atoms with van der Waals surface area (Å²) in [5, 5.41) is 0. The van der Waals surface area contributed by atoms with Gasteiger partial charge in [0.15, 0.2) is 0 Å². The monoisotopic (exact) mass is 984 g/mol. The van der Waals surface area contributed by atoms with E-state index in [-0.39, 0.29) is 94.0 Å². The molecule has 0 aromatic heterocycles. The Morgan fingerprint density at radius 3 is 0.306 bits per heavy atom. The summed E-state index contributed by atoms with van der Waals surface area (Å²) in [7, 11) is 0. The van der Waals surface area contributed by atoms with E-state index in [1.54, 1.807) is 0 Å². The van der Waals surface area contributed by atoms with Gasteiger partial charge in [-0.15, -0.1) is 0 Å². The van der Waals surface area contributed by atoms with E-state index in [9.17, 15) is 0 Å².